The molecule has 1 aliphatic rings. The van der Waals surface area contributed by atoms with Crippen molar-refractivity contribution in [1.82, 2.24) is 9.78 Å². The lowest BCUT2D eigenvalue weighted by Gasteiger charge is -2.36. The second kappa shape index (κ2) is 7.11. The monoisotopic (exact) mass is 279 g/mol. The molecule has 0 aromatic carbocycles. The molecule has 0 radical (unpaired) electrons. The zero-order valence-electron chi connectivity index (χ0n) is 13.1. The molecule has 0 bridgehead atoms. The Morgan fingerprint density at radius 3 is 2.80 bits per heavy atom. The Kier molecular flexibility index (Phi) is 5.46. The summed E-state index contributed by atoms with van der Waals surface area (Å²) in [5.74, 6) is 2.83. The van der Waals surface area contributed by atoms with E-state index in [2.05, 4.69) is 23.6 Å². The van der Waals surface area contributed by atoms with Crippen molar-refractivity contribution in [3.63, 3.8) is 0 Å². The molecule has 0 amide bonds. The summed E-state index contributed by atoms with van der Waals surface area (Å²) in [6, 6.07) is 0. The average Bonchev–Trinajstić information content (AvgIpc) is 2.89. The van der Waals surface area contributed by atoms with Gasteiger partial charge in [0, 0.05) is 12.5 Å². The van der Waals surface area contributed by atoms with Crippen LogP contribution in [0.5, 0.6) is 5.75 Å². The number of aryl methyl sites for hydroxylation is 1. The number of nitrogens with two attached hydrogens (primary N) is 1. The van der Waals surface area contributed by atoms with Gasteiger partial charge < -0.3 is 10.5 Å². The predicted molar refractivity (Wildman–Crippen MR) is 82.0 cm³/mol. The normalized spacial score (nSPS) is 26.7. The minimum absolute atomic E-state index is 0.502. The van der Waals surface area contributed by atoms with Crippen molar-refractivity contribution in [2.24, 2.45) is 17.6 Å². The molecular weight excluding hydrogens is 250 g/mol. The van der Waals surface area contributed by atoms with E-state index in [1.54, 1.807) is 7.11 Å². The van der Waals surface area contributed by atoms with E-state index in [0.717, 1.165) is 31.2 Å². The molecule has 1 aromatic heterocycles. The van der Waals surface area contributed by atoms with Crippen LogP contribution in [-0.2, 0) is 6.54 Å². The van der Waals surface area contributed by atoms with E-state index >= 15 is 0 Å². The summed E-state index contributed by atoms with van der Waals surface area (Å²) in [6.45, 7) is 6.21. The third-order valence-corrected chi connectivity index (χ3v) is 4.83. The molecule has 0 saturated heterocycles. The fourth-order valence-electron chi connectivity index (χ4n) is 3.61. The fraction of sp³-hybridized carbons (Fsp3) is 0.812. The van der Waals surface area contributed by atoms with Gasteiger partial charge in [-0.1, -0.05) is 26.7 Å². The maximum Gasteiger partial charge on any atom is 0.160 e. The van der Waals surface area contributed by atoms with Crippen LogP contribution in [-0.4, -0.2) is 23.4 Å². The Morgan fingerprint density at radius 2 is 2.20 bits per heavy atom. The Morgan fingerprint density at radius 1 is 1.40 bits per heavy atom. The molecule has 4 nitrogen and oxygen atoms in total. The Bertz CT molecular complexity index is 416. The molecule has 3 atom stereocenters. The molecule has 1 saturated carbocycles. The maximum atomic E-state index is 6.03. The molecule has 20 heavy (non-hydrogen) atoms. The van der Waals surface area contributed by atoms with Crippen molar-refractivity contribution in [2.45, 2.75) is 58.4 Å². The number of ether oxygens (including phenoxy) is 1. The minimum Gasteiger partial charge on any atom is -0.493 e. The van der Waals surface area contributed by atoms with Crippen LogP contribution in [0.2, 0.25) is 0 Å². The van der Waals surface area contributed by atoms with Crippen molar-refractivity contribution in [3.8, 4) is 5.75 Å². The lowest BCUT2D eigenvalue weighted by Crippen LogP contribution is -2.30. The molecular formula is C16H29N3O. The van der Waals surface area contributed by atoms with E-state index in [-0.39, 0.29) is 0 Å². The Labute approximate surface area is 122 Å². The van der Waals surface area contributed by atoms with Crippen LogP contribution < -0.4 is 10.5 Å². The van der Waals surface area contributed by atoms with Crippen molar-refractivity contribution in [1.29, 1.82) is 0 Å². The number of hydrogen-bond donors (Lipinski definition) is 1. The SMILES string of the molecule is CCCn1ncc(OC)c1C1CC(CC)CCC1CN. The third kappa shape index (κ3) is 3.00. The maximum absolute atomic E-state index is 6.03. The van der Waals surface area contributed by atoms with Crippen molar-refractivity contribution >= 4 is 0 Å². The van der Waals surface area contributed by atoms with Crippen LogP contribution in [0.15, 0.2) is 6.20 Å². The van der Waals surface area contributed by atoms with Gasteiger partial charge in [-0.3, -0.25) is 4.68 Å². The van der Waals surface area contributed by atoms with Gasteiger partial charge in [-0.25, -0.2) is 0 Å². The largest absolute Gasteiger partial charge is 0.493 e. The summed E-state index contributed by atoms with van der Waals surface area (Å²) >= 11 is 0. The quantitative estimate of drug-likeness (QED) is 0.870. The van der Waals surface area contributed by atoms with Crippen molar-refractivity contribution in [2.75, 3.05) is 13.7 Å². The topological polar surface area (TPSA) is 53.1 Å². The summed E-state index contributed by atoms with van der Waals surface area (Å²) in [5, 5.41) is 4.52. The number of methoxy groups -OCH3 is 1. The number of nitrogens with zero attached hydrogens (tertiary/aromatic N) is 2. The standard InChI is InChI=1S/C16H29N3O/c1-4-8-19-16(15(20-3)11-18-19)14-9-12(5-2)6-7-13(14)10-17/h11-14H,4-10,17H2,1-3H3. The molecule has 2 N–H and O–H groups in total. The highest BCUT2D eigenvalue weighted by Crippen LogP contribution is 2.44. The highest BCUT2D eigenvalue weighted by atomic mass is 16.5. The van der Waals surface area contributed by atoms with Gasteiger partial charge in [0.15, 0.2) is 5.75 Å². The second-order valence-electron chi connectivity index (χ2n) is 6.01. The first-order valence-electron chi connectivity index (χ1n) is 8.04. The molecule has 1 aromatic rings. The summed E-state index contributed by atoms with van der Waals surface area (Å²) < 4.78 is 7.71. The molecule has 1 fully saturated rings. The molecule has 0 aliphatic heterocycles. The molecule has 3 unspecified atom stereocenters. The molecule has 2 rings (SSSR count). The number of hydrogen-bond acceptors (Lipinski definition) is 3. The second-order valence-corrected chi connectivity index (χ2v) is 6.01. The van der Waals surface area contributed by atoms with Crippen LogP contribution >= 0.6 is 0 Å². The van der Waals surface area contributed by atoms with E-state index in [4.69, 9.17) is 10.5 Å². The molecule has 0 spiro atoms. The lowest BCUT2D eigenvalue weighted by molar-refractivity contribution is 0.223. The highest BCUT2D eigenvalue weighted by molar-refractivity contribution is 5.30. The van der Waals surface area contributed by atoms with E-state index in [1.807, 2.05) is 6.20 Å². The van der Waals surface area contributed by atoms with Crippen LogP contribution in [0.25, 0.3) is 0 Å². The zero-order chi connectivity index (χ0) is 14.5. The van der Waals surface area contributed by atoms with Gasteiger partial charge in [0.2, 0.25) is 0 Å². The molecule has 1 aliphatic carbocycles. The first kappa shape index (κ1) is 15.4. The first-order valence-corrected chi connectivity index (χ1v) is 8.04. The number of aromatic nitrogens is 2. The van der Waals surface area contributed by atoms with E-state index in [0.29, 0.717) is 11.8 Å². The zero-order valence-corrected chi connectivity index (χ0v) is 13.1. The lowest BCUT2D eigenvalue weighted by atomic mass is 9.71. The average molecular weight is 279 g/mol. The van der Waals surface area contributed by atoms with Gasteiger partial charge >= 0.3 is 0 Å². The smallest absolute Gasteiger partial charge is 0.160 e. The molecule has 4 heteroatoms. The van der Waals surface area contributed by atoms with Gasteiger partial charge in [-0.2, -0.15) is 5.10 Å². The summed E-state index contributed by atoms with van der Waals surface area (Å²) in [5.41, 5.74) is 7.31. The fourth-order valence-corrected chi connectivity index (χ4v) is 3.61. The summed E-state index contributed by atoms with van der Waals surface area (Å²) in [4.78, 5) is 0. The molecule has 1 heterocycles. The first-order chi connectivity index (χ1) is 9.74. The van der Waals surface area contributed by atoms with E-state index in [1.165, 1.54) is 31.4 Å². The van der Waals surface area contributed by atoms with E-state index in [9.17, 15) is 0 Å². The van der Waals surface area contributed by atoms with Crippen molar-refractivity contribution < 1.29 is 4.74 Å². The van der Waals surface area contributed by atoms with Crippen LogP contribution in [0.4, 0.5) is 0 Å². The van der Waals surface area contributed by atoms with Crippen molar-refractivity contribution in [3.05, 3.63) is 11.9 Å². The number of rotatable bonds is 6. The Hall–Kier alpha value is -1.03. The van der Waals surface area contributed by atoms with Gasteiger partial charge in [0.1, 0.15) is 0 Å². The third-order valence-electron chi connectivity index (χ3n) is 4.83. The van der Waals surface area contributed by atoms with Gasteiger partial charge in [0.05, 0.1) is 19.0 Å². The predicted octanol–water partition coefficient (Wildman–Crippen LogP) is 3.17. The van der Waals surface area contributed by atoms with E-state index < -0.39 is 0 Å². The van der Waals surface area contributed by atoms with Gasteiger partial charge in [-0.15, -0.1) is 0 Å². The van der Waals surface area contributed by atoms with Crippen LogP contribution in [0, 0.1) is 11.8 Å². The Balaban J connectivity index is 2.32. The van der Waals surface area contributed by atoms with Gasteiger partial charge in [0.25, 0.3) is 0 Å². The molecule has 114 valence electrons. The highest BCUT2D eigenvalue weighted by Gasteiger charge is 2.34. The van der Waals surface area contributed by atoms with Gasteiger partial charge in [-0.05, 0) is 37.6 Å². The van der Waals surface area contributed by atoms with Crippen LogP contribution in [0.3, 0.4) is 0 Å². The summed E-state index contributed by atoms with van der Waals surface area (Å²) in [7, 11) is 1.74. The summed E-state index contributed by atoms with van der Waals surface area (Å²) in [6.07, 6.45) is 8.00. The van der Waals surface area contributed by atoms with Crippen LogP contribution in [0.1, 0.15) is 57.6 Å². The minimum atomic E-state index is 0.502.